The standard InChI is InChI=1S/C15H24N2O/c1-15(2,3)12-7-9-13(10-8-12)17-14(18)6-5-11-16-4/h7-10,16H,5-6,11H2,1-4H3,(H,17,18). The summed E-state index contributed by atoms with van der Waals surface area (Å²) in [5.74, 6) is 0.0776. The van der Waals surface area contributed by atoms with Crippen LogP contribution in [0.2, 0.25) is 0 Å². The van der Waals surface area contributed by atoms with Crippen LogP contribution in [-0.4, -0.2) is 19.5 Å². The first-order valence-electron chi connectivity index (χ1n) is 6.48. The molecule has 0 bridgehead atoms. The Balaban J connectivity index is 2.51. The van der Waals surface area contributed by atoms with Crippen LogP contribution in [0, 0.1) is 0 Å². The molecule has 0 radical (unpaired) electrons. The maximum Gasteiger partial charge on any atom is 0.224 e. The molecule has 1 aromatic carbocycles. The number of nitrogens with one attached hydrogen (secondary N) is 2. The van der Waals surface area contributed by atoms with Crippen molar-refractivity contribution in [1.29, 1.82) is 0 Å². The van der Waals surface area contributed by atoms with Gasteiger partial charge in [0.15, 0.2) is 0 Å². The van der Waals surface area contributed by atoms with E-state index >= 15 is 0 Å². The highest BCUT2D eigenvalue weighted by Crippen LogP contribution is 2.23. The molecule has 3 nitrogen and oxygen atoms in total. The third kappa shape index (κ3) is 4.88. The van der Waals surface area contributed by atoms with Crippen LogP contribution in [0.3, 0.4) is 0 Å². The third-order valence-corrected chi connectivity index (χ3v) is 2.87. The van der Waals surface area contributed by atoms with Crippen LogP contribution in [0.5, 0.6) is 0 Å². The Hall–Kier alpha value is -1.35. The second kappa shape index (κ2) is 6.55. The number of rotatable bonds is 5. The molecule has 1 amide bonds. The summed E-state index contributed by atoms with van der Waals surface area (Å²) in [4.78, 5) is 11.6. The van der Waals surface area contributed by atoms with E-state index < -0.39 is 0 Å². The lowest BCUT2D eigenvalue weighted by molar-refractivity contribution is -0.116. The predicted octanol–water partition coefficient (Wildman–Crippen LogP) is 2.92. The van der Waals surface area contributed by atoms with Crippen molar-refractivity contribution in [1.82, 2.24) is 5.32 Å². The van der Waals surface area contributed by atoms with Crippen molar-refractivity contribution in [3.8, 4) is 0 Å². The Morgan fingerprint density at radius 3 is 2.28 bits per heavy atom. The molecule has 0 atom stereocenters. The van der Waals surface area contributed by atoms with Crippen LogP contribution in [0.15, 0.2) is 24.3 Å². The van der Waals surface area contributed by atoms with Gasteiger partial charge in [-0.1, -0.05) is 32.9 Å². The van der Waals surface area contributed by atoms with E-state index in [0.29, 0.717) is 6.42 Å². The maximum absolute atomic E-state index is 11.6. The summed E-state index contributed by atoms with van der Waals surface area (Å²) in [5, 5.41) is 5.94. The van der Waals surface area contributed by atoms with Gasteiger partial charge in [-0.05, 0) is 43.1 Å². The van der Waals surface area contributed by atoms with E-state index in [4.69, 9.17) is 0 Å². The second-order valence-electron chi connectivity index (χ2n) is 5.58. The van der Waals surface area contributed by atoms with Crippen LogP contribution in [-0.2, 0) is 10.2 Å². The lowest BCUT2D eigenvalue weighted by Gasteiger charge is -2.19. The van der Waals surface area contributed by atoms with E-state index in [-0.39, 0.29) is 11.3 Å². The van der Waals surface area contributed by atoms with Crippen LogP contribution < -0.4 is 10.6 Å². The summed E-state index contributed by atoms with van der Waals surface area (Å²) in [6, 6.07) is 8.08. The molecule has 100 valence electrons. The summed E-state index contributed by atoms with van der Waals surface area (Å²) in [7, 11) is 1.89. The first-order valence-corrected chi connectivity index (χ1v) is 6.48. The minimum atomic E-state index is 0.0776. The van der Waals surface area contributed by atoms with Gasteiger partial charge in [-0.25, -0.2) is 0 Å². The summed E-state index contributed by atoms with van der Waals surface area (Å²) >= 11 is 0. The molecule has 0 aliphatic rings. The normalized spacial score (nSPS) is 11.3. The van der Waals surface area contributed by atoms with E-state index in [2.05, 4.69) is 43.5 Å². The van der Waals surface area contributed by atoms with Gasteiger partial charge in [-0.2, -0.15) is 0 Å². The molecule has 0 fully saturated rings. The third-order valence-electron chi connectivity index (χ3n) is 2.87. The van der Waals surface area contributed by atoms with Crippen molar-refractivity contribution in [3.63, 3.8) is 0 Å². The molecule has 0 aromatic heterocycles. The molecule has 0 saturated heterocycles. The van der Waals surface area contributed by atoms with Gasteiger partial charge in [0.25, 0.3) is 0 Å². The summed E-state index contributed by atoms with van der Waals surface area (Å²) in [6.45, 7) is 7.41. The highest BCUT2D eigenvalue weighted by Gasteiger charge is 2.13. The van der Waals surface area contributed by atoms with Crippen molar-refractivity contribution < 1.29 is 4.79 Å². The van der Waals surface area contributed by atoms with Crippen LogP contribution >= 0.6 is 0 Å². The summed E-state index contributed by atoms with van der Waals surface area (Å²) in [6.07, 6.45) is 1.42. The van der Waals surface area contributed by atoms with Gasteiger partial charge in [0.2, 0.25) is 5.91 Å². The quantitative estimate of drug-likeness (QED) is 0.787. The highest BCUT2D eigenvalue weighted by molar-refractivity contribution is 5.90. The Morgan fingerprint density at radius 2 is 1.78 bits per heavy atom. The van der Waals surface area contributed by atoms with E-state index in [1.165, 1.54) is 5.56 Å². The number of carbonyl (C=O) groups excluding carboxylic acids is 1. The molecule has 0 aliphatic carbocycles. The Labute approximate surface area is 110 Å². The summed E-state index contributed by atoms with van der Waals surface area (Å²) in [5.41, 5.74) is 2.29. The Kier molecular flexibility index (Phi) is 5.35. The number of hydrogen-bond acceptors (Lipinski definition) is 2. The zero-order chi connectivity index (χ0) is 13.6. The monoisotopic (exact) mass is 248 g/mol. The zero-order valence-electron chi connectivity index (χ0n) is 11.8. The molecule has 2 N–H and O–H groups in total. The van der Waals surface area contributed by atoms with E-state index in [1.54, 1.807) is 0 Å². The molecule has 18 heavy (non-hydrogen) atoms. The largest absolute Gasteiger partial charge is 0.326 e. The number of hydrogen-bond donors (Lipinski definition) is 2. The fourth-order valence-electron chi connectivity index (χ4n) is 1.70. The first-order chi connectivity index (χ1) is 8.43. The van der Waals surface area contributed by atoms with E-state index in [0.717, 1.165) is 18.7 Å². The summed E-state index contributed by atoms with van der Waals surface area (Å²) < 4.78 is 0. The zero-order valence-corrected chi connectivity index (χ0v) is 11.8. The molecule has 0 saturated carbocycles. The van der Waals surface area contributed by atoms with Gasteiger partial charge < -0.3 is 10.6 Å². The first kappa shape index (κ1) is 14.7. The lowest BCUT2D eigenvalue weighted by atomic mass is 9.87. The molecule has 0 spiro atoms. The fraction of sp³-hybridized carbons (Fsp3) is 0.533. The van der Waals surface area contributed by atoms with Gasteiger partial charge in [-0.15, -0.1) is 0 Å². The van der Waals surface area contributed by atoms with Crippen molar-refractivity contribution in [2.24, 2.45) is 0 Å². The van der Waals surface area contributed by atoms with E-state index in [9.17, 15) is 4.79 Å². The molecule has 0 heterocycles. The smallest absolute Gasteiger partial charge is 0.224 e. The number of benzene rings is 1. The fourth-order valence-corrected chi connectivity index (χ4v) is 1.70. The van der Waals surface area contributed by atoms with Crippen molar-refractivity contribution >= 4 is 11.6 Å². The maximum atomic E-state index is 11.6. The van der Waals surface area contributed by atoms with E-state index in [1.807, 2.05) is 19.2 Å². The van der Waals surface area contributed by atoms with Gasteiger partial charge in [-0.3, -0.25) is 4.79 Å². The minimum Gasteiger partial charge on any atom is -0.326 e. The predicted molar refractivity (Wildman–Crippen MR) is 76.9 cm³/mol. The minimum absolute atomic E-state index is 0.0776. The average molecular weight is 248 g/mol. The number of amides is 1. The number of carbonyl (C=O) groups is 1. The molecule has 3 heteroatoms. The van der Waals surface area contributed by atoms with Crippen molar-refractivity contribution in [3.05, 3.63) is 29.8 Å². The number of anilines is 1. The Bertz CT molecular complexity index is 376. The van der Waals surface area contributed by atoms with Gasteiger partial charge >= 0.3 is 0 Å². The highest BCUT2D eigenvalue weighted by atomic mass is 16.1. The SMILES string of the molecule is CNCCCC(=O)Nc1ccc(C(C)(C)C)cc1. The molecule has 0 unspecified atom stereocenters. The van der Waals surface area contributed by atoms with Crippen molar-refractivity contribution in [2.45, 2.75) is 39.0 Å². The second-order valence-corrected chi connectivity index (χ2v) is 5.58. The molecule has 1 aromatic rings. The van der Waals surface area contributed by atoms with Crippen LogP contribution in [0.4, 0.5) is 5.69 Å². The molecular weight excluding hydrogens is 224 g/mol. The van der Waals surface area contributed by atoms with Crippen LogP contribution in [0.1, 0.15) is 39.2 Å². The molecule has 1 rings (SSSR count). The topological polar surface area (TPSA) is 41.1 Å². The van der Waals surface area contributed by atoms with Gasteiger partial charge in [0.1, 0.15) is 0 Å². The molecule has 0 aliphatic heterocycles. The Morgan fingerprint density at radius 1 is 1.17 bits per heavy atom. The lowest BCUT2D eigenvalue weighted by Crippen LogP contribution is -2.15. The van der Waals surface area contributed by atoms with Crippen molar-refractivity contribution in [2.75, 3.05) is 18.9 Å². The van der Waals surface area contributed by atoms with Gasteiger partial charge in [0.05, 0.1) is 0 Å². The molecular formula is C15H24N2O. The van der Waals surface area contributed by atoms with Crippen LogP contribution in [0.25, 0.3) is 0 Å². The van der Waals surface area contributed by atoms with Gasteiger partial charge in [0, 0.05) is 12.1 Å². The average Bonchev–Trinajstić information content (AvgIpc) is 2.29.